The number of carbonyl (C=O) groups excluding carboxylic acids is 1. The maximum Gasteiger partial charge on any atom is 0.511 e. The highest BCUT2D eigenvalue weighted by molar-refractivity contribution is 7.90. The average Bonchev–Trinajstić information content (AvgIpc) is 2.70. The van der Waals surface area contributed by atoms with Crippen LogP contribution in [0.25, 0.3) is 10.8 Å². The second kappa shape index (κ2) is 8.65. The number of alkyl halides is 3. The van der Waals surface area contributed by atoms with Crippen molar-refractivity contribution in [2.75, 3.05) is 5.43 Å². The smallest absolute Gasteiger partial charge is 0.273 e. The summed E-state index contributed by atoms with van der Waals surface area (Å²) in [5.74, 6) is -0.631. The van der Waals surface area contributed by atoms with E-state index in [0.29, 0.717) is 15.4 Å². The molecule has 0 saturated heterocycles. The molecule has 0 bridgehead atoms. The molecule has 3 aromatic rings. The molecule has 2 aromatic carbocycles. The summed E-state index contributed by atoms with van der Waals surface area (Å²) >= 11 is 5.79. The number of benzene rings is 2. The molecule has 0 unspecified atom stereocenters. The third-order valence-corrected chi connectivity index (χ3v) is 5.51. The van der Waals surface area contributed by atoms with E-state index in [-0.39, 0.29) is 22.9 Å². The summed E-state index contributed by atoms with van der Waals surface area (Å²) in [6, 6.07) is 12.2. The van der Waals surface area contributed by atoms with E-state index in [1.165, 1.54) is 29.0 Å². The number of amides is 1. The number of nitrogens with one attached hydrogen (secondary N) is 2. The van der Waals surface area contributed by atoms with Gasteiger partial charge in [-0.1, -0.05) is 41.9 Å². The zero-order valence-electron chi connectivity index (χ0n) is 15.5. The van der Waals surface area contributed by atoms with Gasteiger partial charge in [0.25, 0.3) is 5.56 Å². The number of aromatic nitrogens is 2. The summed E-state index contributed by atoms with van der Waals surface area (Å²) in [5, 5.41) is 4.48. The quantitative estimate of drug-likeness (QED) is 0.569. The van der Waals surface area contributed by atoms with Gasteiger partial charge < -0.3 is 0 Å². The number of rotatable bonds is 6. The molecule has 0 aliphatic carbocycles. The van der Waals surface area contributed by atoms with Crippen molar-refractivity contribution < 1.29 is 26.4 Å². The van der Waals surface area contributed by atoms with Gasteiger partial charge in [0, 0.05) is 10.4 Å². The van der Waals surface area contributed by atoms with E-state index in [1.54, 1.807) is 24.3 Å². The Bertz CT molecular complexity index is 1290. The lowest BCUT2D eigenvalue weighted by molar-refractivity contribution is -0.116. The molecule has 0 saturated carbocycles. The van der Waals surface area contributed by atoms with Gasteiger partial charge in [-0.25, -0.2) is 18.6 Å². The van der Waals surface area contributed by atoms with Crippen LogP contribution in [0.15, 0.2) is 53.3 Å². The minimum atomic E-state index is -5.63. The largest absolute Gasteiger partial charge is 0.511 e. The van der Waals surface area contributed by atoms with Gasteiger partial charge in [-0.2, -0.15) is 18.3 Å². The zero-order chi connectivity index (χ0) is 22.8. The Labute approximate surface area is 178 Å². The van der Waals surface area contributed by atoms with Gasteiger partial charge in [0.1, 0.15) is 0 Å². The van der Waals surface area contributed by atoms with Crippen molar-refractivity contribution in [3.63, 3.8) is 0 Å². The Morgan fingerprint density at radius 3 is 2.29 bits per heavy atom. The summed E-state index contributed by atoms with van der Waals surface area (Å²) in [4.78, 5) is 25.5. The van der Waals surface area contributed by atoms with Crippen molar-refractivity contribution in [1.82, 2.24) is 14.6 Å². The Balaban J connectivity index is 1.91. The van der Waals surface area contributed by atoms with Crippen LogP contribution in [0.3, 0.4) is 0 Å². The first-order valence-electron chi connectivity index (χ1n) is 8.59. The van der Waals surface area contributed by atoms with Gasteiger partial charge in [0.05, 0.1) is 24.0 Å². The number of carbonyl (C=O) groups is 1. The van der Waals surface area contributed by atoms with Crippen LogP contribution < -0.4 is 15.7 Å². The highest BCUT2D eigenvalue weighted by Gasteiger charge is 2.45. The maximum absolute atomic E-state index is 12.6. The second-order valence-electron chi connectivity index (χ2n) is 6.32. The van der Waals surface area contributed by atoms with Gasteiger partial charge in [-0.05, 0) is 23.8 Å². The van der Waals surface area contributed by atoms with Crippen LogP contribution in [-0.2, 0) is 27.8 Å². The number of nitrogens with zero attached hydrogens (tertiary/aromatic N) is 2. The topological polar surface area (TPSA) is 110 Å². The molecule has 1 aromatic heterocycles. The Morgan fingerprint density at radius 1 is 1.06 bits per heavy atom. The Morgan fingerprint density at radius 2 is 1.68 bits per heavy atom. The minimum absolute atomic E-state index is 0.0329. The minimum Gasteiger partial charge on any atom is -0.273 e. The highest BCUT2D eigenvalue weighted by atomic mass is 35.5. The summed E-state index contributed by atoms with van der Waals surface area (Å²) in [6.45, 7) is -0.851. The summed E-state index contributed by atoms with van der Waals surface area (Å²) in [6.07, 6.45) is -0.131. The SMILES string of the molecule is O=C(Cc1ccc(Cl)cc1)Nn1nc(CNS(=O)(=O)C(F)(F)F)c2ccccc2c1=O. The van der Waals surface area contributed by atoms with Crippen molar-refractivity contribution in [2.45, 2.75) is 18.5 Å². The lowest BCUT2D eigenvalue weighted by Gasteiger charge is -2.13. The van der Waals surface area contributed by atoms with E-state index < -0.39 is 33.5 Å². The third-order valence-electron chi connectivity index (χ3n) is 4.12. The first-order valence-corrected chi connectivity index (χ1v) is 10.5. The first kappa shape index (κ1) is 22.7. The number of hydrogen-bond acceptors (Lipinski definition) is 5. The average molecular weight is 475 g/mol. The molecule has 1 amide bonds. The van der Waals surface area contributed by atoms with Crippen LogP contribution in [-0.4, -0.2) is 29.7 Å². The molecule has 0 fully saturated rings. The normalized spacial score (nSPS) is 12.1. The monoisotopic (exact) mass is 474 g/mol. The molecule has 0 aliphatic heterocycles. The molecule has 0 radical (unpaired) electrons. The maximum atomic E-state index is 12.6. The van der Waals surface area contributed by atoms with Gasteiger partial charge >= 0.3 is 15.5 Å². The van der Waals surface area contributed by atoms with E-state index in [4.69, 9.17) is 11.6 Å². The highest BCUT2D eigenvalue weighted by Crippen LogP contribution is 2.22. The molecule has 2 N–H and O–H groups in total. The molecule has 0 atom stereocenters. The van der Waals surface area contributed by atoms with Crippen molar-refractivity contribution >= 4 is 38.3 Å². The van der Waals surface area contributed by atoms with Crippen molar-refractivity contribution in [3.8, 4) is 0 Å². The fraction of sp³-hybridized carbons (Fsp3) is 0.167. The summed E-state index contributed by atoms with van der Waals surface area (Å²) in [5.41, 5.74) is -3.58. The molecule has 164 valence electrons. The van der Waals surface area contributed by atoms with Crippen LogP contribution in [0.4, 0.5) is 13.2 Å². The van der Waals surface area contributed by atoms with Gasteiger partial charge in [0.2, 0.25) is 5.91 Å². The lowest BCUT2D eigenvalue weighted by atomic mass is 10.1. The third kappa shape index (κ3) is 5.21. The molecule has 8 nitrogen and oxygen atoms in total. The Hall–Kier alpha value is -2.96. The molecule has 31 heavy (non-hydrogen) atoms. The number of sulfonamides is 1. The molecule has 0 spiro atoms. The zero-order valence-corrected chi connectivity index (χ0v) is 17.1. The molecular weight excluding hydrogens is 461 g/mol. The van der Waals surface area contributed by atoms with Crippen molar-refractivity contribution in [1.29, 1.82) is 0 Å². The van der Waals surface area contributed by atoms with Crippen LogP contribution in [0.1, 0.15) is 11.3 Å². The van der Waals surface area contributed by atoms with Crippen molar-refractivity contribution in [2.24, 2.45) is 0 Å². The predicted molar refractivity (Wildman–Crippen MR) is 107 cm³/mol. The standard InChI is InChI=1S/C18H14ClF3N4O4S/c19-12-7-5-11(6-8-12)9-16(27)25-26-17(28)14-4-2-1-3-13(14)15(24-26)10-23-31(29,30)18(20,21)22/h1-8,23H,9-10H2,(H,25,27). The van der Waals surface area contributed by atoms with Crippen LogP contribution >= 0.6 is 11.6 Å². The van der Waals surface area contributed by atoms with Gasteiger partial charge in [0.15, 0.2) is 0 Å². The van der Waals surface area contributed by atoms with E-state index >= 15 is 0 Å². The van der Waals surface area contributed by atoms with Gasteiger partial charge in [-0.15, -0.1) is 4.79 Å². The van der Waals surface area contributed by atoms with Crippen LogP contribution in [0, 0.1) is 0 Å². The van der Waals surface area contributed by atoms with E-state index in [0.717, 1.165) is 0 Å². The number of halogens is 4. The summed E-state index contributed by atoms with van der Waals surface area (Å²) in [7, 11) is -5.63. The van der Waals surface area contributed by atoms with Crippen LogP contribution in [0.2, 0.25) is 5.02 Å². The van der Waals surface area contributed by atoms with E-state index in [9.17, 15) is 31.2 Å². The molecule has 3 rings (SSSR count). The van der Waals surface area contributed by atoms with E-state index in [1.807, 2.05) is 0 Å². The first-order chi connectivity index (χ1) is 14.5. The molecule has 1 heterocycles. The fourth-order valence-electron chi connectivity index (χ4n) is 2.65. The summed E-state index contributed by atoms with van der Waals surface area (Å²) < 4.78 is 61.8. The number of hydrogen-bond donors (Lipinski definition) is 2. The van der Waals surface area contributed by atoms with Crippen LogP contribution in [0.5, 0.6) is 0 Å². The lowest BCUT2D eigenvalue weighted by Crippen LogP contribution is -2.39. The molecular formula is C18H14ClF3N4O4S. The molecule has 13 heteroatoms. The second-order valence-corrected chi connectivity index (χ2v) is 8.51. The number of fused-ring (bicyclic) bond motifs is 1. The van der Waals surface area contributed by atoms with E-state index in [2.05, 4.69) is 10.5 Å². The fourth-order valence-corrected chi connectivity index (χ4v) is 3.27. The molecule has 0 aliphatic rings. The predicted octanol–water partition coefficient (Wildman–Crippen LogP) is 2.30. The van der Waals surface area contributed by atoms with Crippen molar-refractivity contribution in [3.05, 3.63) is 75.2 Å². The van der Waals surface area contributed by atoms with Gasteiger partial charge in [-0.3, -0.25) is 9.59 Å². The Kier molecular flexibility index (Phi) is 6.34.